The highest BCUT2D eigenvalue weighted by Crippen LogP contribution is 2.23. The third kappa shape index (κ3) is 2.17. The molecule has 0 spiro atoms. The summed E-state index contributed by atoms with van der Waals surface area (Å²) in [5, 5.41) is 4.40. The summed E-state index contributed by atoms with van der Waals surface area (Å²) >= 11 is 0. The van der Waals surface area contributed by atoms with Gasteiger partial charge in [0.2, 0.25) is 0 Å². The smallest absolute Gasteiger partial charge is 0.119 e. The first-order valence-corrected chi connectivity index (χ1v) is 6.14. The van der Waals surface area contributed by atoms with Gasteiger partial charge in [0, 0.05) is 18.5 Å². The third-order valence-corrected chi connectivity index (χ3v) is 3.18. The molecule has 4 heteroatoms. The molecule has 1 unspecified atom stereocenters. The molecule has 0 bridgehead atoms. The van der Waals surface area contributed by atoms with Crippen LogP contribution in [0.3, 0.4) is 0 Å². The molecule has 1 aromatic carbocycles. The van der Waals surface area contributed by atoms with Crippen molar-refractivity contribution in [3.63, 3.8) is 0 Å². The maximum Gasteiger partial charge on any atom is 0.119 e. The van der Waals surface area contributed by atoms with Crippen molar-refractivity contribution in [1.29, 1.82) is 0 Å². The van der Waals surface area contributed by atoms with Crippen LogP contribution in [0.1, 0.15) is 11.8 Å². The molecule has 0 amide bonds. The van der Waals surface area contributed by atoms with Crippen LogP contribution in [0.5, 0.6) is 5.75 Å². The fraction of sp³-hybridized carbons (Fsp3) is 0.357. The number of benzene rings is 1. The maximum atomic E-state index is 5.71. The van der Waals surface area contributed by atoms with E-state index < -0.39 is 0 Å². The van der Waals surface area contributed by atoms with Gasteiger partial charge in [-0.1, -0.05) is 6.07 Å². The zero-order valence-electron chi connectivity index (χ0n) is 10.3. The average molecular weight is 244 g/mol. The van der Waals surface area contributed by atoms with Gasteiger partial charge in [-0.05, 0) is 24.3 Å². The molecule has 3 rings (SSSR count). The Balaban J connectivity index is 1.95. The van der Waals surface area contributed by atoms with Crippen LogP contribution >= 0.6 is 0 Å². The van der Waals surface area contributed by atoms with Gasteiger partial charge < -0.3 is 14.8 Å². The second-order valence-electron chi connectivity index (χ2n) is 4.36. The zero-order valence-corrected chi connectivity index (χ0v) is 10.3. The van der Waals surface area contributed by atoms with Crippen LogP contribution < -0.4 is 10.1 Å². The lowest BCUT2D eigenvalue weighted by Crippen LogP contribution is -2.33. The number of ether oxygens (including phenoxy) is 2. The predicted molar refractivity (Wildman–Crippen MR) is 69.9 cm³/mol. The number of hydrogen-bond donors (Lipinski definition) is 1. The Morgan fingerprint density at radius 3 is 3.06 bits per heavy atom. The van der Waals surface area contributed by atoms with E-state index in [2.05, 4.69) is 16.4 Å². The number of nitrogens with zero attached hydrogens (tertiary/aromatic N) is 1. The number of aromatic nitrogens is 1. The van der Waals surface area contributed by atoms with E-state index in [0.29, 0.717) is 0 Å². The van der Waals surface area contributed by atoms with E-state index in [4.69, 9.17) is 9.47 Å². The molecule has 1 N–H and O–H groups in total. The van der Waals surface area contributed by atoms with Crippen LogP contribution in [-0.4, -0.2) is 31.8 Å². The topological polar surface area (TPSA) is 43.4 Å². The largest absolute Gasteiger partial charge is 0.497 e. The highest BCUT2D eigenvalue weighted by Gasteiger charge is 2.17. The molecule has 1 aliphatic heterocycles. The van der Waals surface area contributed by atoms with Gasteiger partial charge in [-0.3, -0.25) is 4.98 Å². The van der Waals surface area contributed by atoms with Crippen molar-refractivity contribution < 1.29 is 9.47 Å². The van der Waals surface area contributed by atoms with Gasteiger partial charge in [-0.15, -0.1) is 0 Å². The van der Waals surface area contributed by atoms with Gasteiger partial charge in [-0.25, -0.2) is 0 Å². The van der Waals surface area contributed by atoms with Crippen LogP contribution in [0.4, 0.5) is 0 Å². The van der Waals surface area contributed by atoms with Crippen molar-refractivity contribution in [2.24, 2.45) is 0 Å². The summed E-state index contributed by atoms with van der Waals surface area (Å²) in [4.78, 5) is 4.65. The second kappa shape index (κ2) is 4.92. The zero-order chi connectivity index (χ0) is 12.4. The lowest BCUT2D eigenvalue weighted by atomic mass is 10.1. The van der Waals surface area contributed by atoms with E-state index >= 15 is 0 Å². The number of fused-ring (bicyclic) bond motifs is 1. The van der Waals surface area contributed by atoms with Crippen molar-refractivity contribution >= 4 is 10.9 Å². The van der Waals surface area contributed by atoms with E-state index in [1.807, 2.05) is 24.3 Å². The average Bonchev–Trinajstić information content (AvgIpc) is 2.47. The molecule has 0 radical (unpaired) electrons. The van der Waals surface area contributed by atoms with Crippen molar-refractivity contribution in [3.8, 4) is 5.75 Å². The number of hydrogen-bond acceptors (Lipinski definition) is 4. The lowest BCUT2D eigenvalue weighted by Gasteiger charge is -2.23. The highest BCUT2D eigenvalue weighted by atomic mass is 16.5. The van der Waals surface area contributed by atoms with Crippen molar-refractivity contribution in [3.05, 3.63) is 36.0 Å². The monoisotopic (exact) mass is 244 g/mol. The Hall–Kier alpha value is -1.65. The lowest BCUT2D eigenvalue weighted by molar-refractivity contribution is 0.0252. The molecular formula is C14H16N2O2. The third-order valence-electron chi connectivity index (χ3n) is 3.18. The predicted octanol–water partition coefficient (Wildman–Crippen LogP) is 1.90. The van der Waals surface area contributed by atoms with Crippen LogP contribution in [-0.2, 0) is 4.74 Å². The first kappa shape index (κ1) is 11.4. The molecule has 1 atom stereocenters. The molecule has 1 fully saturated rings. The highest BCUT2D eigenvalue weighted by molar-refractivity contribution is 5.80. The standard InChI is InChI=1S/C14H16N2O2/c1-17-11-3-5-12-10(8-11)2-4-13(16-12)14-9-15-6-7-18-14/h2-5,8,14-15H,6-7,9H2,1H3. The molecular weight excluding hydrogens is 228 g/mol. The van der Waals surface area contributed by atoms with Crippen LogP contribution in [0.25, 0.3) is 10.9 Å². The summed E-state index contributed by atoms with van der Waals surface area (Å²) in [5.74, 6) is 0.854. The molecule has 18 heavy (non-hydrogen) atoms. The Kier molecular flexibility index (Phi) is 3.13. The van der Waals surface area contributed by atoms with Crippen LogP contribution in [0, 0.1) is 0 Å². The van der Waals surface area contributed by atoms with E-state index in [9.17, 15) is 0 Å². The van der Waals surface area contributed by atoms with Gasteiger partial charge >= 0.3 is 0 Å². The fourth-order valence-corrected chi connectivity index (χ4v) is 2.18. The molecule has 1 aliphatic rings. The fourth-order valence-electron chi connectivity index (χ4n) is 2.18. The summed E-state index contributed by atoms with van der Waals surface area (Å²) in [6, 6.07) is 10.00. The van der Waals surface area contributed by atoms with Crippen molar-refractivity contribution in [2.75, 3.05) is 26.8 Å². The minimum absolute atomic E-state index is 0.0604. The maximum absolute atomic E-state index is 5.71. The van der Waals surface area contributed by atoms with E-state index in [1.54, 1.807) is 7.11 Å². The molecule has 94 valence electrons. The Labute approximate surface area is 106 Å². The Morgan fingerprint density at radius 2 is 2.28 bits per heavy atom. The van der Waals surface area contributed by atoms with E-state index in [0.717, 1.165) is 42.0 Å². The summed E-state index contributed by atoms with van der Waals surface area (Å²) in [6.45, 7) is 2.49. The Morgan fingerprint density at radius 1 is 1.33 bits per heavy atom. The van der Waals surface area contributed by atoms with Gasteiger partial charge in [0.25, 0.3) is 0 Å². The molecule has 2 aromatic rings. The molecule has 2 heterocycles. The molecule has 1 aromatic heterocycles. The van der Waals surface area contributed by atoms with Crippen molar-refractivity contribution in [2.45, 2.75) is 6.10 Å². The normalized spacial score (nSPS) is 19.9. The summed E-state index contributed by atoms with van der Waals surface area (Å²) in [7, 11) is 1.67. The molecule has 0 saturated carbocycles. The van der Waals surface area contributed by atoms with Gasteiger partial charge in [-0.2, -0.15) is 0 Å². The molecule has 1 saturated heterocycles. The molecule has 0 aliphatic carbocycles. The van der Waals surface area contributed by atoms with Crippen LogP contribution in [0.15, 0.2) is 30.3 Å². The summed E-state index contributed by atoms with van der Waals surface area (Å²) in [6.07, 6.45) is 0.0604. The summed E-state index contributed by atoms with van der Waals surface area (Å²) in [5.41, 5.74) is 1.96. The minimum Gasteiger partial charge on any atom is -0.497 e. The Bertz CT molecular complexity index is 550. The number of morpholine rings is 1. The first-order valence-electron chi connectivity index (χ1n) is 6.14. The summed E-state index contributed by atoms with van der Waals surface area (Å²) < 4.78 is 10.9. The van der Waals surface area contributed by atoms with Crippen LogP contribution in [0.2, 0.25) is 0 Å². The number of methoxy groups -OCH3 is 1. The second-order valence-corrected chi connectivity index (χ2v) is 4.36. The van der Waals surface area contributed by atoms with Gasteiger partial charge in [0.05, 0.1) is 24.9 Å². The van der Waals surface area contributed by atoms with Crippen molar-refractivity contribution in [1.82, 2.24) is 10.3 Å². The quantitative estimate of drug-likeness (QED) is 0.876. The van der Waals surface area contributed by atoms with E-state index in [-0.39, 0.29) is 6.10 Å². The number of rotatable bonds is 2. The number of nitrogens with one attached hydrogen (secondary N) is 1. The van der Waals surface area contributed by atoms with E-state index in [1.165, 1.54) is 0 Å². The number of pyridine rings is 1. The SMILES string of the molecule is COc1ccc2nc(C3CNCCO3)ccc2c1. The van der Waals surface area contributed by atoms with Gasteiger partial charge in [0.15, 0.2) is 0 Å². The first-order chi connectivity index (χ1) is 8.86. The van der Waals surface area contributed by atoms with Gasteiger partial charge in [0.1, 0.15) is 11.9 Å². The molecule has 4 nitrogen and oxygen atoms in total. The minimum atomic E-state index is 0.0604.